The Balaban J connectivity index is 1.62. The molecule has 7 heteroatoms. The highest BCUT2D eigenvalue weighted by Crippen LogP contribution is 2.29. The molecule has 0 unspecified atom stereocenters. The van der Waals surface area contributed by atoms with Gasteiger partial charge in [0, 0.05) is 6.54 Å². The first-order valence-electron chi connectivity index (χ1n) is 7.46. The third kappa shape index (κ3) is 5.38. The highest BCUT2D eigenvalue weighted by molar-refractivity contribution is 6.29. The summed E-state index contributed by atoms with van der Waals surface area (Å²) in [6.07, 6.45) is 6.24. The molecule has 3 N–H and O–H groups in total. The van der Waals surface area contributed by atoms with Crippen molar-refractivity contribution in [3.05, 3.63) is 17.3 Å². The van der Waals surface area contributed by atoms with Gasteiger partial charge in [-0.3, -0.25) is 10.9 Å². The van der Waals surface area contributed by atoms with Crippen molar-refractivity contribution in [3.8, 4) is 0 Å². The quantitative estimate of drug-likeness (QED) is 0.730. The Hall–Kier alpha value is -1.56. The van der Waals surface area contributed by atoms with Gasteiger partial charge in [0.25, 0.3) is 0 Å². The SMILES string of the molecule is CCC1CCC(CNC(=O)NNc2ccc(Cl)nn2)CC1. The van der Waals surface area contributed by atoms with Crippen molar-refractivity contribution in [2.75, 3.05) is 12.0 Å². The Morgan fingerprint density at radius 2 is 1.95 bits per heavy atom. The van der Waals surface area contributed by atoms with E-state index in [9.17, 15) is 4.79 Å². The summed E-state index contributed by atoms with van der Waals surface area (Å²) in [5.41, 5.74) is 5.21. The van der Waals surface area contributed by atoms with E-state index in [0.717, 1.165) is 12.5 Å². The first kappa shape index (κ1) is 15.8. The van der Waals surface area contributed by atoms with Crippen LogP contribution in [0.3, 0.4) is 0 Å². The van der Waals surface area contributed by atoms with Crippen LogP contribution in [0.5, 0.6) is 0 Å². The fourth-order valence-corrected chi connectivity index (χ4v) is 2.73. The zero-order valence-corrected chi connectivity index (χ0v) is 13.0. The van der Waals surface area contributed by atoms with Gasteiger partial charge in [0.1, 0.15) is 0 Å². The third-order valence-electron chi connectivity index (χ3n) is 4.03. The van der Waals surface area contributed by atoms with Crippen molar-refractivity contribution in [2.24, 2.45) is 11.8 Å². The van der Waals surface area contributed by atoms with E-state index in [0.29, 0.717) is 16.9 Å². The number of carbonyl (C=O) groups excluding carboxylic acids is 1. The average Bonchev–Trinajstić information content (AvgIpc) is 2.53. The Labute approximate surface area is 130 Å². The minimum absolute atomic E-state index is 0.260. The predicted octanol–water partition coefficient (Wildman–Crippen LogP) is 2.97. The van der Waals surface area contributed by atoms with Gasteiger partial charge >= 0.3 is 6.03 Å². The lowest BCUT2D eigenvalue weighted by molar-refractivity contribution is 0.231. The molecule has 2 amide bonds. The highest BCUT2D eigenvalue weighted by atomic mass is 35.5. The van der Waals surface area contributed by atoms with Crippen molar-refractivity contribution in [1.82, 2.24) is 20.9 Å². The first-order chi connectivity index (χ1) is 10.2. The van der Waals surface area contributed by atoms with Crippen LogP contribution in [0.2, 0.25) is 5.15 Å². The molecule has 0 bridgehead atoms. The van der Waals surface area contributed by atoms with E-state index in [4.69, 9.17) is 11.6 Å². The standard InChI is InChI=1S/C14H22ClN5O/c1-2-10-3-5-11(6-4-10)9-16-14(21)20-19-13-8-7-12(15)17-18-13/h7-8,10-11H,2-6,9H2,1H3,(H,18,19)(H2,16,20,21). The Kier molecular flexibility index (Phi) is 6.04. The largest absolute Gasteiger partial charge is 0.336 e. The fourth-order valence-electron chi connectivity index (χ4n) is 2.63. The van der Waals surface area contributed by atoms with Crippen molar-refractivity contribution < 1.29 is 4.79 Å². The lowest BCUT2D eigenvalue weighted by Gasteiger charge is -2.27. The number of hydrogen-bond donors (Lipinski definition) is 3. The molecule has 0 radical (unpaired) electrons. The highest BCUT2D eigenvalue weighted by Gasteiger charge is 2.20. The second-order valence-corrected chi connectivity index (χ2v) is 5.88. The monoisotopic (exact) mass is 311 g/mol. The molecule has 1 heterocycles. The maximum absolute atomic E-state index is 11.7. The average molecular weight is 312 g/mol. The molecule has 1 aromatic rings. The van der Waals surface area contributed by atoms with Crippen LogP contribution >= 0.6 is 11.6 Å². The minimum Gasteiger partial charge on any atom is -0.336 e. The summed E-state index contributed by atoms with van der Waals surface area (Å²) < 4.78 is 0. The zero-order valence-electron chi connectivity index (χ0n) is 12.2. The first-order valence-corrected chi connectivity index (χ1v) is 7.84. The van der Waals surface area contributed by atoms with Gasteiger partial charge in [-0.15, -0.1) is 10.2 Å². The number of halogens is 1. The van der Waals surface area contributed by atoms with Gasteiger partial charge < -0.3 is 5.32 Å². The van der Waals surface area contributed by atoms with Gasteiger partial charge in [-0.05, 0) is 36.8 Å². The number of nitrogens with one attached hydrogen (secondary N) is 3. The normalized spacial score (nSPS) is 21.6. The molecule has 2 rings (SSSR count). The van der Waals surface area contributed by atoms with E-state index < -0.39 is 0 Å². The number of rotatable bonds is 5. The van der Waals surface area contributed by atoms with Crippen molar-refractivity contribution in [2.45, 2.75) is 39.0 Å². The van der Waals surface area contributed by atoms with Crippen LogP contribution in [-0.4, -0.2) is 22.8 Å². The molecule has 1 fully saturated rings. The molecule has 116 valence electrons. The minimum atomic E-state index is -0.260. The number of amides is 2. The van der Waals surface area contributed by atoms with E-state index in [2.05, 4.69) is 33.3 Å². The van der Waals surface area contributed by atoms with Crippen LogP contribution < -0.4 is 16.2 Å². The Bertz CT molecular complexity index is 445. The zero-order chi connectivity index (χ0) is 15.1. The van der Waals surface area contributed by atoms with E-state index in [-0.39, 0.29) is 6.03 Å². The Morgan fingerprint density at radius 1 is 1.24 bits per heavy atom. The lowest BCUT2D eigenvalue weighted by atomic mass is 9.81. The van der Waals surface area contributed by atoms with E-state index in [1.165, 1.54) is 32.1 Å². The summed E-state index contributed by atoms with van der Waals surface area (Å²) in [4.78, 5) is 11.7. The number of aromatic nitrogens is 2. The summed E-state index contributed by atoms with van der Waals surface area (Å²) in [6, 6.07) is 2.98. The summed E-state index contributed by atoms with van der Waals surface area (Å²) >= 11 is 5.63. The summed E-state index contributed by atoms with van der Waals surface area (Å²) in [5, 5.41) is 10.6. The molecule has 1 saturated carbocycles. The van der Waals surface area contributed by atoms with Crippen molar-refractivity contribution >= 4 is 23.4 Å². The van der Waals surface area contributed by atoms with Gasteiger partial charge in [0.2, 0.25) is 0 Å². The lowest BCUT2D eigenvalue weighted by Crippen LogP contribution is -2.41. The van der Waals surface area contributed by atoms with Crippen LogP contribution in [0.15, 0.2) is 12.1 Å². The van der Waals surface area contributed by atoms with Gasteiger partial charge in [-0.2, -0.15) is 0 Å². The summed E-state index contributed by atoms with van der Waals surface area (Å²) in [6.45, 7) is 2.97. The molecule has 0 spiro atoms. The third-order valence-corrected chi connectivity index (χ3v) is 4.23. The number of nitrogens with zero attached hydrogens (tertiary/aromatic N) is 2. The molecular weight excluding hydrogens is 290 g/mol. The molecule has 1 aliphatic rings. The maximum Gasteiger partial charge on any atom is 0.333 e. The second kappa shape index (κ2) is 8.02. The Morgan fingerprint density at radius 3 is 2.57 bits per heavy atom. The predicted molar refractivity (Wildman–Crippen MR) is 82.9 cm³/mol. The number of urea groups is 1. The van der Waals surface area contributed by atoms with Crippen LogP contribution in [0.1, 0.15) is 39.0 Å². The number of carbonyl (C=O) groups is 1. The summed E-state index contributed by atoms with van der Waals surface area (Å²) in [5.74, 6) is 1.91. The van der Waals surface area contributed by atoms with Crippen LogP contribution in [0.4, 0.5) is 10.6 Å². The molecule has 21 heavy (non-hydrogen) atoms. The van der Waals surface area contributed by atoms with E-state index >= 15 is 0 Å². The number of anilines is 1. The van der Waals surface area contributed by atoms with Gasteiger partial charge in [0.15, 0.2) is 11.0 Å². The molecule has 0 aromatic carbocycles. The number of hydrazine groups is 1. The van der Waals surface area contributed by atoms with Crippen molar-refractivity contribution in [1.29, 1.82) is 0 Å². The topological polar surface area (TPSA) is 78.9 Å². The molecule has 0 atom stereocenters. The van der Waals surface area contributed by atoms with Gasteiger partial charge in [-0.1, -0.05) is 37.8 Å². The van der Waals surface area contributed by atoms with Gasteiger partial charge in [0.05, 0.1) is 0 Å². The fraction of sp³-hybridized carbons (Fsp3) is 0.643. The van der Waals surface area contributed by atoms with Crippen LogP contribution in [-0.2, 0) is 0 Å². The van der Waals surface area contributed by atoms with E-state index in [1.54, 1.807) is 12.1 Å². The van der Waals surface area contributed by atoms with Crippen LogP contribution in [0, 0.1) is 11.8 Å². The molecule has 0 saturated heterocycles. The maximum atomic E-state index is 11.7. The molecule has 0 aliphatic heterocycles. The molecule has 6 nitrogen and oxygen atoms in total. The molecule has 1 aromatic heterocycles. The second-order valence-electron chi connectivity index (χ2n) is 5.50. The van der Waals surface area contributed by atoms with Crippen molar-refractivity contribution in [3.63, 3.8) is 0 Å². The van der Waals surface area contributed by atoms with Crippen LogP contribution in [0.25, 0.3) is 0 Å². The molecule has 1 aliphatic carbocycles. The van der Waals surface area contributed by atoms with E-state index in [1.807, 2.05) is 0 Å². The number of hydrogen-bond acceptors (Lipinski definition) is 4. The summed E-state index contributed by atoms with van der Waals surface area (Å²) in [7, 11) is 0. The van der Waals surface area contributed by atoms with Gasteiger partial charge in [-0.25, -0.2) is 4.79 Å². The smallest absolute Gasteiger partial charge is 0.333 e. The molecular formula is C14H22ClN5O.